The second-order valence-corrected chi connectivity index (χ2v) is 7.04. The highest BCUT2D eigenvalue weighted by molar-refractivity contribution is 6.30. The van der Waals surface area contributed by atoms with Crippen LogP contribution in [-0.4, -0.2) is 38.3 Å². The largest absolute Gasteiger partial charge is 0.494 e. The molecule has 3 aromatic rings. The van der Waals surface area contributed by atoms with Crippen LogP contribution in [0.1, 0.15) is 5.56 Å². The molecule has 2 heterocycles. The Morgan fingerprint density at radius 3 is 2.42 bits per heavy atom. The van der Waals surface area contributed by atoms with Crippen molar-refractivity contribution in [3.05, 3.63) is 59.1 Å². The second-order valence-electron chi connectivity index (χ2n) is 6.61. The molecule has 0 N–H and O–H groups in total. The number of halogens is 1. The van der Waals surface area contributed by atoms with Gasteiger partial charge in [0, 0.05) is 42.3 Å². The average Bonchev–Trinajstić information content (AvgIpc) is 2.67. The van der Waals surface area contributed by atoms with Crippen molar-refractivity contribution in [1.82, 2.24) is 4.98 Å². The fourth-order valence-corrected chi connectivity index (χ4v) is 3.75. The lowest BCUT2D eigenvalue weighted by molar-refractivity contribution is 0.419. The van der Waals surface area contributed by atoms with Gasteiger partial charge in [-0.2, -0.15) is 0 Å². The zero-order chi connectivity index (χ0) is 18.1. The number of pyridine rings is 1. The molecule has 1 aromatic heterocycles. The van der Waals surface area contributed by atoms with E-state index in [2.05, 4.69) is 34.9 Å². The summed E-state index contributed by atoms with van der Waals surface area (Å²) >= 11 is 6.13. The van der Waals surface area contributed by atoms with E-state index in [0.717, 1.165) is 53.7 Å². The highest BCUT2D eigenvalue weighted by Gasteiger charge is 2.20. The van der Waals surface area contributed by atoms with E-state index >= 15 is 0 Å². The van der Waals surface area contributed by atoms with Crippen LogP contribution in [0.25, 0.3) is 10.9 Å². The molecule has 1 aliphatic rings. The first-order valence-corrected chi connectivity index (χ1v) is 9.23. The number of ether oxygens (including phenoxy) is 1. The van der Waals surface area contributed by atoms with Gasteiger partial charge in [-0.15, -0.1) is 0 Å². The summed E-state index contributed by atoms with van der Waals surface area (Å²) < 4.78 is 5.51. The van der Waals surface area contributed by atoms with Crippen LogP contribution in [0.2, 0.25) is 5.02 Å². The molecule has 0 spiro atoms. The van der Waals surface area contributed by atoms with Crippen molar-refractivity contribution in [2.45, 2.75) is 6.92 Å². The molecule has 0 bridgehead atoms. The maximum Gasteiger partial charge on any atom is 0.145 e. The van der Waals surface area contributed by atoms with Crippen molar-refractivity contribution >= 4 is 34.0 Å². The summed E-state index contributed by atoms with van der Waals surface area (Å²) in [6.07, 6.45) is 0. The molecule has 1 fully saturated rings. The SMILES string of the molecule is COc1cccc2c(C)cc(N3CCN(c4cccc(Cl)c4)CC3)nc12. The smallest absolute Gasteiger partial charge is 0.145 e. The maximum atomic E-state index is 6.13. The molecule has 2 aromatic carbocycles. The van der Waals surface area contributed by atoms with E-state index in [4.69, 9.17) is 21.3 Å². The third-order valence-corrected chi connectivity index (χ3v) is 5.23. The number of methoxy groups -OCH3 is 1. The van der Waals surface area contributed by atoms with Gasteiger partial charge in [-0.1, -0.05) is 29.8 Å². The number of aryl methyl sites for hydroxylation is 1. The van der Waals surface area contributed by atoms with E-state index in [1.165, 1.54) is 11.3 Å². The number of rotatable bonds is 3. The molecule has 0 aliphatic carbocycles. The van der Waals surface area contributed by atoms with Crippen LogP contribution < -0.4 is 14.5 Å². The van der Waals surface area contributed by atoms with Crippen LogP contribution >= 0.6 is 11.6 Å². The van der Waals surface area contributed by atoms with Crippen LogP contribution in [0.4, 0.5) is 11.5 Å². The van der Waals surface area contributed by atoms with Crippen molar-refractivity contribution in [2.75, 3.05) is 43.1 Å². The van der Waals surface area contributed by atoms with Gasteiger partial charge in [0.2, 0.25) is 0 Å². The van der Waals surface area contributed by atoms with Crippen molar-refractivity contribution in [1.29, 1.82) is 0 Å². The molecule has 0 amide bonds. The average molecular weight is 368 g/mol. The highest BCUT2D eigenvalue weighted by atomic mass is 35.5. The van der Waals surface area contributed by atoms with Gasteiger partial charge >= 0.3 is 0 Å². The Kier molecular flexibility index (Phi) is 4.60. The Morgan fingerprint density at radius 1 is 0.962 bits per heavy atom. The first-order chi connectivity index (χ1) is 12.7. The van der Waals surface area contributed by atoms with E-state index in [1.807, 2.05) is 30.3 Å². The van der Waals surface area contributed by atoms with Gasteiger partial charge in [-0.3, -0.25) is 0 Å². The lowest BCUT2D eigenvalue weighted by Crippen LogP contribution is -2.46. The van der Waals surface area contributed by atoms with Crippen LogP contribution in [0.5, 0.6) is 5.75 Å². The van der Waals surface area contributed by atoms with E-state index in [9.17, 15) is 0 Å². The van der Waals surface area contributed by atoms with Gasteiger partial charge in [0.05, 0.1) is 7.11 Å². The fraction of sp³-hybridized carbons (Fsp3) is 0.286. The number of aromatic nitrogens is 1. The number of piperazine rings is 1. The number of nitrogens with zero attached hydrogens (tertiary/aromatic N) is 3. The van der Waals surface area contributed by atoms with Crippen LogP contribution in [-0.2, 0) is 0 Å². The first kappa shape index (κ1) is 17.0. The Bertz CT molecular complexity index is 936. The summed E-state index contributed by atoms with van der Waals surface area (Å²) in [5.41, 5.74) is 3.34. The molecular weight excluding hydrogens is 346 g/mol. The molecule has 1 saturated heterocycles. The second kappa shape index (κ2) is 7.04. The number of hydrogen-bond donors (Lipinski definition) is 0. The molecular formula is C21H22ClN3O. The Labute approximate surface area is 159 Å². The molecule has 0 radical (unpaired) electrons. The maximum absolute atomic E-state index is 6.13. The molecule has 5 heteroatoms. The number of para-hydroxylation sites is 1. The zero-order valence-electron chi connectivity index (χ0n) is 15.1. The molecule has 26 heavy (non-hydrogen) atoms. The third kappa shape index (κ3) is 3.17. The summed E-state index contributed by atoms with van der Waals surface area (Å²) in [5.74, 6) is 1.84. The number of fused-ring (bicyclic) bond motifs is 1. The predicted octanol–water partition coefficient (Wildman–Crippen LogP) is 4.53. The quantitative estimate of drug-likeness (QED) is 0.680. The van der Waals surface area contributed by atoms with Crippen molar-refractivity contribution in [2.24, 2.45) is 0 Å². The standard InChI is InChI=1S/C21H22ClN3O/c1-15-13-20(23-21-18(15)7-4-8-19(21)26-2)25-11-9-24(10-12-25)17-6-3-5-16(22)14-17/h3-8,13-14H,9-12H2,1-2H3. The summed E-state index contributed by atoms with van der Waals surface area (Å²) in [6.45, 7) is 5.89. The lowest BCUT2D eigenvalue weighted by atomic mass is 10.1. The summed E-state index contributed by atoms with van der Waals surface area (Å²) in [6, 6.07) is 16.3. The predicted molar refractivity (Wildman–Crippen MR) is 109 cm³/mol. The molecule has 0 unspecified atom stereocenters. The molecule has 1 aliphatic heterocycles. The Morgan fingerprint density at radius 2 is 1.69 bits per heavy atom. The summed E-state index contributed by atoms with van der Waals surface area (Å²) in [7, 11) is 1.70. The van der Waals surface area contributed by atoms with E-state index in [-0.39, 0.29) is 0 Å². The van der Waals surface area contributed by atoms with Crippen molar-refractivity contribution in [3.63, 3.8) is 0 Å². The van der Waals surface area contributed by atoms with Crippen LogP contribution in [0, 0.1) is 6.92 Å². The summed E-state index contributed by atoms with van der Waals surface area (Å²) in [5, 5.41) is 1.93. The van der Waals surface area contributed by atoms with E-state index in [0.29, 0.717) is 0 Å². The van der Waals surface area contributed by atoms with Crippen LogP contribution in [0.3, 0.4) is 0 Å². The number of benzene rings is 2. The van der Waals surface area contributed by atoms with Crippen molar-refractivity contribution in [3.8, 4) is 5.75 Å². The highest BCUT2D eigenvalue weighted by Crippen LogP contribution is 2.30. The van der Waals surface area contributed by atoms with Gasteiger partial charge in [0.1, 0.15) is 17.1 Å². The fourth-order valence-electron chi connectivity index (χ4n) is 3.57. The van der Waals surface area contributed by atoms with Crippen molar-refractivity contribution < 1.29 is 4.74 Å². The normalized spacial score (nSPS) is 14.7. The molecule has 0 saturated carbocycles. The van der Waals surface area contributed by atoms with Gasteiger partial charge < -0.3 is 14.5 Å². The topological polar surface area (TPSA) is 28.6 Å². The molecule has 0 atom stereocenters. The van der Waals surface area contributed by atoms with E-state index < -0.39 is 0 Å². The summed E-state index contributed by atoms with van der Waals surface area (Å²) in [4.78, 5) is 9.62. The van der Waals surface area contributed by atoms with Gasteiger partial charge in [-0.25, -0.2) is 4.98 Å². The van der Waals surface area contributed by atoms with Crippen LogP contribution in [0.15, 0.2) is 48.5 Å². The first-order valence-electron chi connectivity index (χ1n) is 8.85. The minimum Gasteiger partial charge on any atom is -0.494 e. The van der Waals surface area contributed by atoms with Gasteiger partial charge in [0.25, 0.3) is 0 Å². The molecule has 4 rings (SSSR count). The number of anilines is 2. The zero-order valence-corrected chi connectivity index (χ0v) is 15.8. The monoisotopic (exact) mass is 367 g/mol. The third-order valence-electron chi connectivity index (χ3n) is 4.99. The minimum atomic E-state index is 0.781. The van der Waals surface area contributed by atoms with E-state index in [1.54, 1.807) is 7.11 Å². The van der Waals surface area contributed by atoms with Gasteiger partial charge in [-0.05, 0) is 42.8 Å². The molecule has 4 nitrogen and oxygen atoms in total. The Hall–Kier alpha value is -2.46. The lowest BCUT2D eigenvalue weighted by Gasteiger charge is -2.37. The molecule has 134 valence electrons. The minimum absolute atomic E-state index is 0.781. The van der Waals surface area contributed by atoms with Gasteiger partial charge in [0.15, 0.2) is 0 Å². The number of hydrogen-bond acceptors (Lipinski definition) is 4. The Balaban J connectivity index is 1.58.